The van der Waals surface area contributed by atoms with Crippen LogP contribution in [-0.4, -0.2) is 48.9 Å². The lowest BCUT2D eigenvalue weighted by Crippen LogP contribution is -2.46. The van der Waals surface area contributed by atoms with Crippen molar-refractivity contribution in [1.82, 2.24) is 10.2 Å². The summed E-state index contributed by atoms with van der Waals surface area (Å²) in [5.74, 6) is -0.634. The number of nitrogens with zero attached hydrogens (tertiary/aromatic N) is 1. The molecule has 2 aromatic rings. The van der Waals surface area contributed by atoms with Gasteiger partial charge in [-0.3, -0.25) is 14.5 Å². The van der Waals surface area contributed by atoms with Crippen LogP contribution in [0.4, 0.5) is 0 Å². The lowest BCUT2D eigenvalue weighted by Gasteiger charge is -2.26. The molecule has 0 radical (unpaired) electrons. The van der Waals surface area contributed by atoms with Crippen molar-refractivity contribution < 1.29 is 14.3 Å². The molecule has 4 rings (SSSR count). The Hall–Kier alpha value is -2.50. The van der Waals surface area contributed by atoms with Crippen molar-refractivity contribution in [2.45, 2.75) is 25.4 Å². The van der Waals surface area contributed by atoms with Crippen molar-refractivity contribution in [3.8, 4) is 0 Å². The quantitative estimate of drug-likeness (QED) is 0.768. The molecule has 2 saturated heterocycles. The zero-order valence-corrected chi connectivity index (χ0v) is 16.6. The molecule has 5 nitrogen and oxygen atoms in total. The third kappa shape index (κ3) is 4.92. The van der Waals surface area contributed by atoms with Gasteiger partial charge in [-0.15, -0.1) is 0 Å². The van der Waals surface area contributed by atoms with Crippen molar-refractivity contribution >= 4 is 11.7 Å². The second kappa shape index (κ2) is 9.33. The third-order valence-corrected chi connectivity index (χ3v) is 5.88. The summed E-state index contributed by atoms with van der Waals surface area (Å²) in [5.41, 5.74) is 1.87. The van der Waals surface area contributed by atoms with E-state index in [2.05, 4.69) is 22.3 Å². The summed E-state index contributed by atoms with van der Waals surface area (Å²) >= 11 is 0. The predicted octanol–water partition coefficient (Wildman–Crippen LogP) is 2.91. The molecule has 0 saturated carbocycles. The van der Waals surface area contributed by atoms with Crippen molar-refractivity contribution in [2.24, 2.45) is 11.8 Å². The Labute approximate surface area is 172 Å². The third-order valence-electron chi connectivity index (χ3n) is 5.88. The molecule has 1 amide bonds. The van der Waals surface area contributed by atoms with Crippen LogP contribution in [0.2, 0.25) is 0 Å². The molecule has 29 heavy (non-hydrogen) atoms. The van der Waals surface area contributed by atoms with Crippen LogP contribution in [0.3, 0.4) is 0 Å². The summed E-state index contributed by atoms with van der Waals surface area (Å²) in [6.07, 6.45) is 1.89. The van der Waals surface area contributed by atoms with Gasteiger partial charge in [0.15, 0.2) is 5.78 Å². The van der Waals surface area contributed by atoms with Crippen molar-refractivity contribution in [1.29, 1.82) is 0 Å². The second-order valence-corrected chi connectivity index (χ2v) is 8.05. The molecule has 0 unspecified atom stereocenters. The molecule has 5 heteroatoms. The van der Waals surface area contributed by atoms with Crippen LogP contribution in [0.15, 0.2) is 60.7 Å². The molecule has 2 aromatic carbocycles. The van der Waals surface area contributed by atoms with Crippen LogP contribution < -0.4 is 5.32 Å². The highest BCUT2D eigenvalue weighted by atomic mass is 16.5. The number of benzene rings is 2. The van der Waals surface area contributed by atoms with Crippen molar-refractivity contribution in [3.63, 3.8) is 0 Å². The van der Waals surface area contributed by atoms with Gasteiger partial charge >= 0.3 is 0 Å². The first kappa shape index (κ1) is 19.8. The van der Waals surface area contributed by atoms with Crippen molar-refractivity contribution in [3.05, 3.63) is 71.8 Å². The molecular weight excluding hydrogens is 364 g/mol. The van der Waals surface area contributed by atoms with Gasteiger partial charge in [0.1, 0.15) is 0 Å². The number of carbonyl (C=O) groups is 2. The van der Waals surface area contributed by atoms with Crippen LogP contribution in [0.25, 0.3) is 0 Å². The Morgan fingerprint density at radius 3 is 2.34 bits per heavy atom. The lowest BCUT2D eigenvalue weighted by molar-refractivity contribution is -0.127. The van der Waals surface area contributed by atoms with E-state index >= 15 is 0 Å². The topological polar surface area (TPSA) is 58.6 Å². The van der Waals surface area contributed by atoms with E-state index < -0.39 is 0 Å². The fourth-order valence-corrected chi connectivity index (χ4v) is 4.37. The standard InChI is InChI=1S/C24H28N2O3/c27-23(19-10-5-2-6-11-19)21-15-26(14-18-8-3-1-4-9-18)16-22(21)24(28)25-20-12-7-13-29-17-20/h1-6,8-11,20-22H,7,12-17H2,(H,25,28)/t20-,21+,22+/m1/s1. The molecule has 0 aliphatic carbocycles. The molecule has 2 heterocycles. The number of hydrogen-bond donors (Lipinski definition) is 1. The predicted molar refractivity (Wildman–Crippen MR) is 111 cm³/mol. The van der Waals surface area contributed by atoms with E-state index in [9.17, 15) is 9.59 Å². The average Bonchev–Trinajstić information content (AvgIpc) is 3.19. The summed E-state index contributed by atoms with van der Waals surface area (Å²) < 4.78 is 5.50. The summed E-state index contributed by atoms with van der Waals surface area (Å²) in [7, 11) is 0. The number of likely N-dealkylation sites (tertiary alicyclic amines) is 1. The zero-order valence-electron chi connectivity index (χ0n) is 16.6. The number of ketones is 1. The first-order valence-electron chi connectivity index (χ1n) is 10.4. The van der Waals surface area contributed by atoms with Gasteiger partial charge in [-0.2, -0.15) is 0 Å². The SMILES string of the molecule is O=C(N[C@@H]1CCCOC1)[C@H]1CN(Cc2ccccc2)C[C@@H]1C(=O)c1ccccc1. The maximum atomic E-state index is 13.2. The Kier molecular flexibility index (Phi) is 6.37. The number of hydrogen-bond acceptors (Lipinski definition) is 4. The smallest absolute Gasteiger partial charge is 0.225 e. The summed E-state index contributed by atoms with van der Waals surface area (Å²) in [6, 6.07) is 19.6. The molecule has 2 fully saturated rings. The maximum Gasteiger partial charge on any atom is 0.225 e. The van der Waals surface area contributed by atoms with Gasteiger partial charge in [-0.1, -0.05) is 60.7 Å². The Bertz CT molecular complexity index is 819. The summed E-state index contributed by atoms with van der Waals surface area (Å²) in [6.45, 7) is 3.26. The van der Waals surface area contributed by atoms with Crippen LogP contribution in [-0.2, 0) is 16.1 Å². The van der Waals surface area contributed by atoms with E-state index in [1.165, 1.54) is 5.56 Å². The first-order chi connectivity index (χ1) is 14.2. The number of Topliss-reactive ketones (excluding diaryl/α,β-unsaturated/α-hetero) is 1. The highest BCUT2D eigenvalue weighted by molar-refractivity contribution is 6.01. The Morgan fingerprint density at radius 2 is 1.66 bits per heavy atom. The Morgan fingerprint density at radius 1 is 0.966 bits per heavy atom. The average molecular weight is 392 g/mol. The van der Waals surface area contributed by atoms with Gasteiger partial charge in [-0.05, 0) is 18.4 Å². The highest BCUT2D eigenvalue weighted by Gasteiger charge is 2.42. The minimum atomic E-state index is -0.339. The van der Waals surface area contributed by atoms with Crippen LogP contribution >= 0.6 is 0 Å². The number of rotatable bonds is 6. The minimum absolute atomic E-state index is 0.0228. The van der Waals surface area contributed by atoms with Crippen LogP contribution in [0.1, 0.15) is 28.8 Å². The first-order valence-corrected chi connectivity index (χ1v) is 10.4. The van der Waals surface area contributed by atoms with E-state index in [4.69, 9.17) is 4.74 Å². The van der Waals surface area contributed by atoms with Gasteiger partial charge in [-0.25, -0.2) is 0 Å². The molecule has 0 bridgehead atoms. The van der Waals surface area contributed by atoms with E-state index in [-0.39, 0.29) is 29.6 Å². The minimum Gasteiger partial charge on any atom is -0.379 e. The number of amides is 1. The van der Waals surface area contributed by atoms with E-state index in [0.717, 1.165) is 26.0 Å². The van der Waals surface area contributed by atoms with Crippen molar-refractivity contribution in [2.75, 3.05) is 26.3 Å². The van der Waals surface area contributed by atoms with Gasteiger partial charge in [0, 0.05) is 37.7 Å². The summed E-state index contributed by atoms with van der Waals surface area (Å²) in [4.78, 5) is 28.6. The lowest BCUT2D eigenvalue weighted by atomic mass is 9.87. The molecule has 2 aliphatic rings. The zero-order chi connectivity index (χ0) is 20.1. The summed E-state index contributed by atoms with van der Waals surface area (Å²) in [5, 5.41) is 3.14. The normalized spacial score (nSPS) is 24.9. The largest absolute Gasteiger partial charge is 0.379 e. The number of nitrogens with one attached hydrogen (secondary N) is 1. The molecule has 152 valence electrons. The number of carbonyl (C=O) groups excluding carboxylic acids is 2. The van der Waals surface area contributed by atoms with E-state index in [1.54, 1.807) is 0 Å². The molecule has 0 spiro atoms. The maximum absolute atomic E-state index is 13.2. The van der Waals surface area contributed by atoms with Crippen LogP contribution in [0.5, 0.6) is 0 Å². The van der Waals surface area contributed by atoms with Gasteiger partial charge in [0.2, 0.25) is 5.91 Å². The fourth-order valence-electron chi connectivity index (χ4n) is 4.37. The fraction of sp³-hybridized carbons (Fsp3) is 0.417. The monoisotopic (exact) mass is 392 g/mol. The molecule has 1 N–H and O–H groups in total. The molecule has 3 atom stereocenters. The highest BCUT2D eigenvalue weighted by Crippen LogP contribution is 2.29. The molecule has 0 aromatic heterocycles. The second-order valence-electron chi connectivity index (χ2n) is 8.05. The van der Waals surface area contributed by atoms with E-state index in [0.29, 0.717) is 25.3 Å². The molecular formula is C24H28N2O3. The van der Waals surface area contributed by atoms with Gasteiger partial charge < -0.3 is 10.1 Å². The Balaban J connectivity index is 1.50. The van der Waals surface area contributed by atoms with Gasteiger partial charge in [0.05, 0.1) is 18.6 Å². The van der Waals surface area contributed by atoms with Crippen LogP contribution in [0, 0.1) is 11.8 Å². The van der Waals surface area contributed by atoms with Gasteiger partial charge in [0.25, 0.3) is 0 Å². The van der Waals surface area contributed by atoms with E-state index in [1.807, 2.05) is 48.5 Å². The molecule has 2 aliphatic heterocycles. The number of ether oxygens (including phenoxy) is 1.